The maximum atomic E-state index is 13.6. The van der Waals surface area contributed by atoms with Crippen LogP contribution in [-0.4, -0.2) is 28.7 Å². The van der Waals surface area contributed by atoms with Crippen LogP contribution in [0.3, 0.4) is 0 Å². The molecule has 0 saturated carbocycles. The van der Waals surface area contributed by atoms with Crippen molar-refractivity contribution >= 4 is 27.3 Å². The highest BCUT2D eigenvalue weighted by atomic mass is 35.5. The first-order chi connectivity index (χ1) is 8.38. The third kappa shape index (κ3) is 3.81. The van der Waals surface area contributed by atoms with E-state index in [2.05, 4.69) is 4.72 Å². The number of benzene rings is 1. The molecule has 102 valence electrons. The molecule has 0 heterocycles. The van der Waals surface area contributed by atoms with Gasteiger partial charge in [-0.2, -0.15) is 0 Å². The molecule has 0 spiro atoms. The van der Waals surface area contributed by atoms with Crippen molar-refractivity contribution < 1.29 is 17.5 Å². The van der Waals surface area contributed by atoms with Crippen molar-refractivity contribution in [2.45, 2.75) is 11.3 Å². The van der Waals surface area contributed by atoms with Gasteiger partial charge < -0.3 is 10.5 Å². The standard InChI is InChI=1S/C10H14ClFN2O3S/c1-17-4-2-3-14-18(15,16)9-6-7(13)5-8(11)10(9)12/h5-6,14H,2-4,13H2,1H3. The summed E-state index contributed by atoms with van der Waals surface area (Å²) in [7, 11) is -2.46. The fourth-order valence-electron chi connectivity index (χ4n) is 1.28. The highest BCUT2D eigenvalue weighted by Gasteiger charge is 2.21. The van der Waals surface area contributed by atoms with E-state index in [1.807, 2.05) is 0 Å². The number of nitrogens with two attached hydrogens (primary N) is 1. The number of nitrogens with one attached hydrogen (secondary N) is 1. The number of anilines is 1. The number of halogens is 2. The van der Waals surface area contributed by atoms with E-state index in [0.29, 0.717) is 13.0 Å². The van der Waals surface area contributed by atoms with E-state index >= 15 is 0 Å². The third-order valence-electron chi connectivity index (χ3n) is 2.12. The number of methoxy groups -OCH3 is 1. The summed E-state index contributed by atoms with van der Waals surface area (Å²) in [5.74, 6) is -1.01. The zero-order valence-electron chi connectivity index (χ0n) is 9.74. The number of rotatable bonds is 6. The molecule has 0 atom stereocenters. The van der Waals surface area contributed by atoms with Crippen LogP contribution in [-0.2, 0) is 14.8 Å². The van der Waals surface area contributed by atoms with E-state index in [4.69, 9.17) is 22.1 Å². The zero-order valence-corrected chi connectivity index (χ0v) is 11.3. The normalized spacial score (nSPS) is 11.7. The van der Waals surface area contributed by atoms with Crippen LogP contribution >= 0.6 is 11.6 Å². The average molecular weight is 297 g/mol. The molecule has 0 aromatic heterocycles. The maximum Gasteiger partial charge on any atom is 0.243 e. The first-order valence-corrected chi connectivity index (χ1v) is 6.97. The molecule has 1 aromatic rings. The second kappa shape index (κ2) is 6.33. The lowest BCUT2D eigenvalue weighted by atomic mass is 10.3. The Morgan fingerprint density at radius 3 is 2.78 bits per heavy atom. The van der Waals surface area contributed by atoms with E-state index in [9.17, 15) is 12.8 Å². The van der Waals surface area contributed by atoms with Crippen molar-refractivity contribution in [3.8, 4) is 0 Å². The Morgan fingerprint density at radius 2 is 2.17 bits per heavy atom. The van der Waals surface area contributed by atoms with Crippen LogP contribution in [0.1, 0.15) is 6.42 Å². The maximum absolute atomic E-state index is 13.6. The van der Waals surface area contributed by atoms with E-state index in [-0.39, 0.29) is 17.3 Å². The summed E-state index contributed by atoms with van der Waals surface area (Å²) in [5.41, 5.74) is 5.52. The molecule has 0 aliphatic rings. The van der Waals surface area contributed by atoms with Gasteiger partial charge in [-0.1, -0.05) is 11.6 Å². The van der Waals surface area contributed by atoms with Crippen LogP contribution < -0.4 is 10.5 Å². The summed E-state index contributed by atoms with van der Waals surface area (Å²) < 4.78 is 44.3. The topological polar surface area (TPSA) is 81.4 Å². The molecule has 0 aliphatic carbocycles. The smallest absolute Gasteiger partial charge is 0.243 e. The Labute approximate surface area is 110 Å². The second-order valence-corrected chi connectivity index (χ2v) is 5.70. The van der Waals surface area contributed by atoms with Gasteiger partial charge in [-0.25, -0.2) is 17.5 Å². The Bertz CT molecular complexity index is 522. The van der Waals surface area contributed by atoms with Gasteiger partial charge in [0, 0.05) is 25.9 Å². The number of ether oxygens (including phenoxy) is 1. The van der Waals surface area contributed by atoms with Crippen LogP contribution in [0, 0.1) is 5.82 Å². The van der Waals surface area contributed by atoms with Crippen LogP contribution in [0.4, 0.5) is 10.1 Å². The lowest BCUT2D eigenvalue weighted by molar-refractivity contribution is 0.196. The van der Waals surface area contributed by atoms with Crippen molar-refractivity contribution in [1.29, 1.82) is 0 Å². The molecule has 5 nitrogen and oxygen atoms in total. The molecule has 8 heteroatoms. The molecule has 0 unspecified atom stereocenters. The van der Waals surface area contributed by atoms with E-state index in [0.717, 1.165) is 12.1 Å². The lowest BCUT2D eigenvalue weighted by Crippen LogP contribution is -2.26. The van der Waals surface area contributed by atoms with Gasteiger partial charge in [0.15, 0.2) is 5.82 Å². The first-order valence-electron chi connectivity index (χ1n) is 5.11. The fraction of sp³-hybridized carbons (Fsp3) is 0.400. The molecule has 0 fully saturated rings. The van der Waals surface area contributed by atoms with Gasteiger partial charge in [0.1, 0.15) is 4.90 Å². The Kier molecular flexibility index (Phi) is 5.33. The summed E-state index contributed by atoms with van der Waals surface area (Å²) in [6.07, 6.45) is 0.480. The highest BCUT2D eigenvalue weighted by molar-refractivity contribution is 7.89. The summed E-state index contributed by atoms with van der Waals surface area (Å²) in [5, 5.41) is -0.327. The monoisotopic (exact) mass is 296 g/mol. The number of sulfonamides is 1. The molecule has 18 heavy (non-hydrogen) atoms. The van der Waals surface area contributed by atoms with Gasteiger partial charge in [0.25, 0.3) is 0 Å². The zero-order chi connectivity index (χ0) is 13.8. The van der Waals surface area contributed by atoms with Crippen molar-refractivity contribution in [1.82, 2.24) is 4.72 Å². The van der Waals surface area contributed by atoms with Crippen molar-refractivity contribution in [3.63, 3.8) is 0 Å². The van der Waals surface area contributed by atoms with Gasteiger partial charge in [0.2, 0.25) is 10.0 Å². The van der Waals surface area contributed by atoms with Crippen LogP contribution in [0.5, 0.6) is 0 Å². The summed E-state index contributed by atoms with van der Waals surface area (Å²) in [4.78, 5) is -0.551. The van der Waals surface area contributed by atoms with Crippen LogP contribution in [0.25, 0.3) is 0 Å². The fourth-order valence-corrected chi connectivity index (χ4v) is 2.77. The Balaban J connectivity index is 2.91. The van der Waals surface area contributed by atoms with E-state index in [1.165, 1.54) is 7.11 Å². The molecule has 0 saturated heterocycles. The number of hydrogen-bond acceptors (Lipinski definition) is 4. The summed E-state index contributed by atoms with van der Waals surface area (Å²) >= 11 is 5.54. The molecule has 0 bridgehead atoms. The van der Waals surface area contributed by atoms with Crippen LogP contribution in [0.2, 0.25) is 5.02 Å². The second-order valence-electron chi connectivity index (χ2n) is 3.56. The van der Waals surface area contributed by atoms with Gasteiger partial charge >= 0.3 is 0 Å². The quantitative estimate of drug-likeness (QED) is 0.614. The predicted octanol–water partition coefficient (Wildman–Crippen LogP) is 1.38. The third-order valence-corrected chi connectivity index (χ3v) is 3.86. The molecule has 1 aromatic carbocycles. The van der Waals surface area contributed by atoms with Crippen molar-refractivity contribution in [2.24, 2.45) is 0 Å². The van der Waals surface area contributed by atoms with Crippen molar-refractivity contribution in [3.05, 3.63) is 23.0 Å². The molecular weight excluding hydrogens is 283 g/mol. The minimum atomic E-state index is -3.96. The van der Waals surface area contributed by atoms with Gasteiger partial charge in [-0.15, -0.1) is 0 Å². The van der Waals surface area contributed by atoms with E-state index in [1.54, 1.807) is 0 Å². The Hall–Kier alpha value is -0.890. The lowest BCUT2D eigenvalue weighted by Gasteiger charge is -2.09. The number of hydrogen-bond donors (Lipinski definition) is 2. The van der Waals surface area contributed by atoms with Crippen molar-refractivity contribution in [2.75, 3.05) is 26.0 Å². The number of nitrogen functional groups attached to an aromatic ring is 1. The largest absolute Gasteiger partial charge is 0.399 e. The predicted molar refractivity (Wildman–Crippen MR) is 67.5 cm³/mol. The minimum absolute atomic E-state index is 0.0821. The van der Waals surface area contributed by atoms with Gasteiger partial charge in [0.05, 0.1) is 5.02 Å². The van der Waals surface area contributed by atoms with Crippen LogP contribution in [0.15, 0.2) is 17.0 Å². The molecule has 0 amide bonds. The molecule has 3 N–H and O–H groups in total. The highest BCUT2D eigenvalue weighted by Crippen LogP contribution is 2.25. The molecular formula is C10H14ClFN2O3S. The molecule has 1 rings (SSSR count). The summed E-state index contributed by atoms with van der Waals surface area (Å²) in [6.45, 7) is 0.546. The Morgan fingerprint density at radius 1 is 1.50 bits per heavy atom. The minimum Gasteiger partial charge on any atom is -0.399 e. The van der Waals surface area contributed by atoms with E-state index < -0.39 is 20.7 Å². The SMILES string of the molecule is COCCCNS(=O)(=O)c1cc(N)cc(Cl)c1F. The summed E-state index contributed by atoms with van der Waals surface area (Å²) in [6, 6.07) is 2.18. The first kappa shape index (κ1) is 15.2. The van der Waals surface area contributed by atoms with Gasteiger partial charge in [-0.3, -0.25) is 0 Å². The molecule has 0 radical (unpaired) electrons. The molecule has 0 aliphatic heterocycles. The van der Waals surface area contributed by atoms with Gasteiger partial charge in [-0.05, 0) is 18.6 Å². The average Bonchev–Trinajstić information content (AvgIpc) is 2.29.